The van der Waals surface area contributed by atoms with Crippen molar-refractivity contribution in [2.24, 2.45) is 5.92 Å². The van der Waals surface area contributed by atoms with Crippen molar-refractivity contribution in [3.8, 4) is 0 Å². The van der Waals surface area contributed by atoms with Gasteiger partial charge in [-0.25, -0.2) is 0 Å². The molecule has 0 saturated carbocycles. The van der Waals surface area contributed by atoms with Crippen molar-refractivity contribution in [1.29, 1.82) is 0 Å². The van der Waals surface area contributed by atoms with Crippen LogP contribution in [0.4, 0.5) is 13.2 Å². The van der Waals surface area contributed by atoms with Crippen molar-refractivity contribution in [2.45, 2.75) is 30.3 Å². The van der Waals surface area contributed by atoms with Crippen LogP contribution in [0.1, 0.15) is 24.8 Å². The molecule has 106 valence electrons. The van der Waals surface area contributed by atoms with Crippen LogP contribution in [0.3, 0.4) is 0 Å². The molecule has 0 amide bonds. The van der Waals surface area contributed by atoms with Crippen LogP contribution in [0.15, 0.2) is 29.2 Å². The molecule has 5 heteroatoms. The zero-order chi connectivity index (χ0) is 13.7. The van der Waals surface area contributed by atoms with Gasteiger partial charge in [0, 0.05) is 10.6 Å². The summed E-state index contributed by atoms with van der Waals surface area (Å²) in [5.74, 6) is 1.29. The molecule has 2 rings (SSSR count). The van der Waals surface area contributed by atoms with E-state index < -0.39 is 11.7 Å². The standard InChI is InChI=1S/C14H18F3NS/c15-14(16,17)12-5-1-2-6-13(12)19-10-11-4-3-8-18-9-7-11/h1-2,5-6,11,18H,3-4,7-10H2. The van der Waals surface area contributed by atoms with E-state index in [4.69, 9.17) is 0 Å². The van der Waals surface area contributed by atoms with Gasteiger partial charge >= 0.3 is 6.18 Å². The van der Waals surface area contributed by atoms with E-state index >= 15 is 0 Å². The Labute approximate surface area is 116 Å². The smallest absolute Gasteiger partial charge is 0.317 e. The summed E-state index contributed by atoms with van der Waals surface area (Å²) in [6, 6.07) is 5.86. The molecule has 1 heterocycles. The Balaban J connectivity index is 1.99. The monoisotopic (exact) mass is 289 g/mol. The van der Waals surface area contributed by atoms with Crippen LogP contribution in [0.2, 0.25) is 0 Å². The minimum absolute atomic E-state index is 0.354. The number of alkyl halides is 3. The molecule has 19 heavy (non-hydrogen) atoms. The van der Waals surface area contributed by atoms with Crippen molar-refractivity contribution in [1.82, 2.24) is 5.32 Å². The molecule has 1 N–H and O–H groups in total. The van der Waals surface area contributed by atoms with E-state index in [-0.39, 0.29) is 0 Å². The fourth-order valence-corrected chi connectivity index (χ4v) is 3.55. The molecule has 0 bridgehead atoms. The molecule has 1 atom stereocenters. The quantitative estimate of drug-likeness (QED) is 0.837. The largest absolute Gasteiger partial charge is 0.417 e. The van der Waals surface area contributed by atoms with Crippen LogP contribution in [-0.2, 0) is 6.18 Å². The first-order valence-corrected chi connectivity index (χ1v) is 7.55. The van der Waals surface area contributed by atoms with E-state index in [1.165, 1.54) is 17.8 Å². The Morgan fingerprint density at radius 3 is 2.74 bits per heavy atom. The van der Waals surface area contributed by atoms with Crippen molar-refractivity contribution in [3.63, 3.8) is 0 Å². The van der Waals surface area contributed by atoms with Crippen LogP contribution >= 0.6 is 11.8 Å². The second-order valence-corrected chi connectivity index (χ2v) is 5.91. The molecule has 1 unspecified atom stereocenters. The third-order valence-electron chi connectivity index (χ3n) is 3.36. The number of thioether (sulfide) groups is 1. The number of hydrogen-bond acceptors (Lipinski definition) is 2. The van der Waals surface area contributed by atoms with E-state index in [2.05, 4.69) is 5.32 Å². The van der Waals surface area contributed by atoms with Gasteiger partial charge in [-0.15, -0.1) is 11.8 Å². The first-order chi connectivity index (χ1) is 9.07. The van der Waals surface area contributed by atoms with Crippen molar-refractivity contribution >= 4 is 11.8 Å². The molecule has 1 fully saturated rings. The first kappa shape index (κ1) is 14.7. The van der Waals surface area contributed by atoms with E-state index in [1.54, 1.807) is 12.1 Å². The lowest BCUT2D eigenvalue weighted by Crippen LogP contribution is -2.14. The molecule has 1 aromatic carbocycles. The van der Waals surface area contributed by atoms with Gasteiger partial charge in [-0.05, 0) is 50.4 Å². The summed E-state index contributed by atoms with van der Waals surface area (Å²) >= 11 is 1.34. The average Bonchev–Trinajstić information content (AvgIpc) is 2.64. The zero-order valence-corrected chi connectivity index (χ0v) is 11.5. The predicted octanol–water partition coefficient (Wildman–Crippen LogP) is 4.19. The highest BCUT2D eigenvalue weighted by Crippen LogP contribution is 2.37. The lowest BCUT2D eigenvalue weighted by atomic mass is 10.0. The number of rotatable bonds is 3. The maximum Gasteiger partial charge on any atom is 0.417 e. The van der Waals surface area contributed by atoms with Crippen molar-refractivity contribution in [3.05, 3.63) is 29.8 Å². The summed E-state index contributed by atoms with van der Waals surface area (Å²) in [6.07, 6.45) is -0.976. The van der Waals surface area contributed by atoms with Crippen LogP contribution in [-0.4, -0.2) is 18.8 Å². The predicted molar refractivity (Wildman–Crippen MR) is 72.4 cm³/mol. The van der Waals surface area contributed by atoms with E-state index in [9.17, 15) is 13.2 Å². The summed E-state index contributed by atoms with van der Waals surface area (Å²) in [6.45, 7) is 2.01. The zero-order valence-electron chi connectivity index (χ0n) is 10.7. The highest BCUT2D eigenvalue weighted by Gasteiger charge is 2.33. The van der Waals surface area contributed by atoms with Crippen LogP contribution in [0, 0.1) is 5.92 Å². The molecule has 1 aromatic rings. The lowest BCUT2D eigenvalue weighted by molar-refractivity contribution is -0.139. The van der Waals surface area contributed by atoms with Gasteiger partial charge in [0.05, 0.1) is 5.56 Å². The highest BCUT2D eigenvalue weighted by atomic mass is 32.2. The molecule has 1 nitrogen and oxygen atoms in total. The minimum atomic E-state index is -4.26. The molecule has 1 aliphatic rings. The molecule has 0 spiro atoms. The first-order valence-electron chi connectivity index (χ1n) is 6.57. The lowest BCUT2D eigenvalue weighted by Gasteiger charge is -2.16. The average molecular weight is 289 g/mol. The summed E-state index contributed by atoms with van der Waals surface area (Å²) in [4.78, 5) is 0.354. The topological polar surface area (TPSA) is 12.0 Å². The number of hydrogen-bond donors (Lipinski definition) is 1. The van der Waals surface area contributed by atoms with Gasteiger partial charge in [0.1, 0.15) is 0 Å². The van der Waals surface area contributed by atoms with Gasteiger partial charge in [-0.2, -0.15) is 13.2 Å². The fourth-order valence-electron chi connectivity index (χ4n) is 2.29. The maximum absolute atomic E-state index is 12.9. The summed E-state index contributed by atoms with van der Waals surface area (Å²) in [5, 5.41) is 3.32. The fraction of sp³-hybridized carbons (Fsp3) is 0.571. The van der Waals surface area contributed by atoms with Gasteiger partial charge in [0.15, 0.2) is 0 Å². The normalized spacial score (nSPS) is 21.1. The molecule has 0 aliphatic carbocycles. The van der Waals surface area contributed by atoms with Crippen LogP contribution in [0.5, 0.6) is 0 Å². The molecule has 1 aliphatic heterocycles. The van der Waals surface area contributed by atoms with Gasteiger partial charge in [-0.3, -0.25) is 0 Å². The summed E-state index contributed by atoms with van der Waals surface area (Å²) < 4.78 is 38.6. The van der Waals surface area contributed by atoms with Gasteiger partial charge in [0.25, 0.3) is 0 Å². The SMILES string of the molecule is FC(F)(F)c1ccccc1SCC1CCCNCC1. The molecular formula is C14H18F3NS. The number of halogens is 3. The molecule has 0 radical (unpaired) electrons. The Bertz CT molecular complexity index is 398. The van der Waals surface area contributed by atoms with E-state index in [0.29, 0.717) is 10.8 Å². The van der Waals surface area contributed by atoms with Gasteiger partial charge in [0.2, 0.25) is 0 Å². The second kappa shape index (κ2) is 6.66. The Morgan fingerprint density at radius 1 is 1.16 bits per heavy atom. The van der Waals surface area contributed by atoms with E-state index in [1.807, 2.05) is 0 Å². The third-order valence-corrected chi connectivity index (χ3v) is 4.67. The van der Waals surface area contributed by atoms with Crippen LogP contribution < -0.4 is 5.32 Å². The van der Waals surface area contributed by atoms with Gasteiger partial charge in [-0.1, -0.05) is 12.1 Å². The molecule has 0 aromatic heterocycles. The number of benzene rings is 1. The molecule has 1 saturated heterocycles. The molecular weight excluding hydrogens is 271 g/mol. The highest BCUT2D eigenvalue weighted by molar-refractivity contribution is 7.99. The Hall–Kier alpha value is -0.680. The Morgan fingerprint density at radius 2 is 1.95 bits per heavy atom. The van der Waals surface area contributed by atoms with Crippen LogP contribution in [0.25, 0.3) is 0 Å². The minimum Gasteiger partial charge on any atom is -0.317 e. The number of nitrogens with one attached hydrogen (secondary N) is 1. The van der Waals surface area contributed by atoms with E-state index in [0.717, 1.165) is 44.2 Å². The summed E-state index contributed by atoms with van der Waals surface area (Å²) in [7, 11) is 0. The van der Waals surface area contributed by atoms with Gasteiger partial charge < -0.3 is 5.32 Å². The van der Waals surface area contributed by atoms with Crippen molar-refractivity contribution in [2.75, 3.05) is 18.8 Å². The summed E-state index contributed by atoms with van der Waals surface area (Å²) in [5.41, 5.74) is -0.508. The van der Waals surface area contributed by atoms with Crippen molar-refractivity contribution < 1.29 is 13.2 Å². The third kappa shape index (κ3) is 4.42. The Kier molecular flexibility index (Phi) is 5.16. The maximum atomic E-state index is 12.9. The second-order valence-electron chi connectivity index (χ2n) is 4.85.